The summed E-state index contributed by atoms with van der Waals surface area (Å²) >= 11 is 3.59. The van der Waals surface area contributed by atoms with Crippen LogP contribution < -0.4 is 4.90 Å². The molecule has 0 spiro atoms. The molecule has 2 aliphatic rings. The van der Waals surface area contributed by atoms with E-state index in [0.717, 1.165) is 17.4 Å². The number of nitrogens with zero attached hydrogens (tertiary/aromatic N) is 2. The number of benzene rings is 4. The van der Waals surface area contributed by atoms with Crippen LogP contribution >= 0.6 is 15.9 Å². The third kappa shape index (κ3) is 3.59. The molecule has 0 bridgehead atoms. The van der Waals surface area contributed by atoms with E-state index < -0.39 is 0 Å². The summed E-state index contributed by atoms with van der Waals surface area (Å²) in [5, 5.41) is 2.28. The lowest BCUT2D eigenvalue weighted by Gasteiger charge is -2.32. The molecule has 3 atom stereocenters. The van der Waals surface area contributed by atoms with Crippen molar-refractivity contribution in [1.82, 2.24) is 5.06 Å². The molecule has 0 N–H and O–H groups in total. The Morgan fingerprint density at radius 3 is 1.91 bits per heavy atom. The molecule has 2 aliphatic heterocycles. The summed E-state index contributed by atoms with van der Waals surface area (Å²) in [6.45, 7) is 0.849. The van der Waals surface area contributed by atoms with Crippen molar-refractivity contribution in [2.45, 2.75) is 24.2 Å². The van der Waals surface area contributed by atoms with Crippen LogP contribution in [0.1, 0.15) is 35.4 Å². The van der Waals surface area contributed by atoms with Gasteiger partial charge in [-0.3, -0.25) is 4.84 Å². The van der Waals surface area contributed by atoms with Crippen LogP contribution in [0.2, 0.25) is 0 Å². The van der Waals surface area contributed by atoms with Gasteiger partial charge in [0, 0.05) is 23.1 Å². The van der Waals surface area contributed by atoms with E-state index in [4.69, 9.17) is 4.84 Å². The monoisotopic (exact) mass is 496 g/mol. The fourth-order valence-electron chi connectivity index (χ4n) is 5.33. The van der Waals surface area contributed by atoms with Gasteiger partial charge in [-0.05, 0) is 41.0 Å². The maximum atomic E-state index is 6.85. The second kappa shape index (κ2) is 8.45. The van der Waals surface area contributed by atoms with Gasteiger partial charge in [0.1, 0.15) is 12.3 Å². The van der Waals surface area contributed by atoms with Gasteiger partial charge in [-0.15, -0.1) is 5.06 Å². The zero-order valence-corrected chi connectivity index (χ0v) is 19.8. The van der Waals surface area contributed by atoms with Crippen LogP contribution in [0.25, 0.3) is 0 Å². The average Bonchev–Trinajstić information content (AvgIpc) is 3.41. The average molecular weight is 497 g/mol. The molecule has 2 saturated heterocycles. The molecule has 0 aromatic heterocycles. The Morgan fingerprint density at radius 1 is 0.697 bits per heavy atom. The van der Waals surface area contributed by atoms with Crippen LogP contribution in [0.5, 0.6) is 0 Å². The van der Waals surface area contributed by atoms with Gasteiger partial charge >= 0.3 is 0 Å². The third-order valence-electron chi connectivity index (χ3n) is 6.87. The zero-order chi connectivity index (χ0) is 22.3. The number of hydroxylamine groups is 2. The molecular weight excluding hydrogens is 472 g/mol. The predicted octanol–water partition coefficient (Wildman–Crippen LogP) is 7.24. The van der Waals surface area contributed by atoms with E-state index in [1.54, 1.807) is 0 Å². The van der Waals surface area contributed by atoms with Crippen LogP contribution in [0.3, 0.4) is 0 Å². The molecule has 2 fully saturated rings. The van der Waals surface area contributed by atoms with Crippen molar-refractivity contribution in [3.63, 3.8) is 0 Å². The van der Waals surface area contributed by atoms with Crippen molar-refractivity contribution in [3.8, 4) is 0 Å². The van der Waals surface area contributed by atoms with Gasteiger partial charge < -0.3 is 4.90 Å². The first-order chi connectivity index (χ1) is 16.2. The maximum absolute atomic E-state index is 6.85. The summed E-state index contributed by atoms with van der Waals surface area (Å²) in [7, 11) is 0. The highest BCUT2D eigenvalue weighted by atomic mass is 79.9. The molecule has 33 heavy (non-hydrogen) atoms. The van der Waals surface area contributed by atoms with E-state index in [0.29, 0.717) is 0 Å². The number of fused-ring (bicyclic) bond motifs is 1. The third-order valence-corrected chi connectivity index (χ3v) is 7.40. The second-order valence-electron chi connectivity index (χ2n) is 8.82. The van der Waals surface area contributed by atoms with Crippen LogP contribution in [0.15, 0.2) is 120 Å². The fraction of sp³-hybridized carbons (Fsp3) is 0.172. The van der Waals surface area contributed by atoms with Gasteiger partial charge in [-0.25, -0.2) is 0 Å². The molecule has 3 nitrogen and oxygen atoms in total. The zero-order valence-electron chi connectivity index (χ0n) is 18.2. The Labute approximate surface area is 203 Å². The topological polar surface area (TPSA) is 15.7 Å². The lowest BCUT2D eigenvalue weighted by Crippen LogP contribution is -2.37. The van der Waals surface area contributed by atoms with Gasteiger partial charge in [0.05, 0.1) is 5.54 Å². The lowest BCUT2D eigenvalue weighted by atomic mass is 9.84. The number of hydrogen-bond acceptors (Lipinski definition) is 3. The minimum Gasteiger partial charge on any atom is -0.348 e. The summed E-state index contributed by atoms with van der Waals surface area (Å²) in [5.74, 6) is 0. The van der Waals surface area contributed by atoms with Crippen molar-refractivity contribution >= 4 is 21.6 Å². The van der Waals surface area contributed by atoms with Crippen molar-refractivity contribution in [1.29, 1.82) is 0 Å². The Balaban J connectivity index is 1.50. The molecule has 0 amide bonds. The number of halogens is 1. The lowest BCUT2D eigenvalue weighted by molar-refractivity contribution is -0.198. The summed E-state index contributed by atoms with van der Waals surface area (Å²) < 4.78 is 1.08. The van der Waals surface area contributed by atoms with Crippen molar-refractivity contribution in [3.05, 3.63) is 136 Å². The first-order valence-electron chi connectivity index (χ1n) is 11.4. The highest BCUT2D eigenvalue weighted by Gasteiger charge is 2.59. The Morgan fingerprint density at radius 2 is 1.27 bits per heavy atom. The molecule has 0 radical (unpaired) electrons. The molecular formula is C29H25BrN2O. The van der Waals surface area contributed by atoms with Gasteiger partial charge in [-0.1, -0.05) is 107 Å². The first-order valence-corrected chi connectivity index (χ1v) is 12.2. The summed E-state index contributed by atoms with van der Waals surface area (Å²) in [6.07, 6.45) is 0.892. The van der Waals surface area contributed by atoms with Gasteiger partial charge in [0.25, 0.3) is 0 Å². The molecule has 4 heteroatoms. The first kappa shape index (κ1) is 20.7. The molecule has 4 aromatic rings. The number of anilines is 1. The molecule has 0 aliphatic carbocycles. The van der Waals surface area contributed by atoms with Gasteiger partial charge in [-0.2, -0.15) is 0 Å². The minimum atomic E-state index is -0.255. The standard InChI is InChI=1S/C29H25BrN2O/c30-25-16-18-26(19-17-25)31-21-29(24-14-8-3-9-15-24)20-27(22-10-4-1-5-11-22)33-32(29)28(31)23-12-6-2-7-13-23/h1-19,27-28H,20-21H2/t27-,28-,29+/m1/s1. The SMILES string of the molecule is Brc1ccc(N2C[C@]3(c4ccccc4)C[C@H](c4ccccc4)ON3[C@@H]2c2ccccc2)cc1. The molecule has 0 unspecified atom stereocenters. The highest BCUT2D eigenvalue weighted by Crippen LogP contribution is 2.56. The molecule has 164 valence electrons. The van der Waals surface area contributed by atoms with Crippen LogP contribution in [0, 0.1) is 0 Å². The summed E-state index contributed by atoms with van der Waals surface area (Å²) in [6, 6.07) is 40.8. The summed E-state index contributed by atoms with van der Waals surface area (Å²) in [5.41, 5.74) is 4.69. The minimum absolute atomic E-state index is 0.0182. The Kier molecular flexibility index (Phi) is 5.30. The van der Waals surface area contributed by atoms with Gasteiger partial charge in [0.15, 0.2) is 0 Å². The molecule has 6 rings (SSSR count). The van der Waals surface area contributed by atoms with E-state index in [1.807, 2.05) is 0 Å². The van der Waals surface area contributed by atoms with Crippen LogP contribution in [-0.4, -0.2) is 11.6 Å². The molecule has 2 heterocycles. The number of rotatable bonds is 4. The Hall–Kier alpha value is -2.92. The predicted molar refractivity (Wildman–Crippen MR) is 136 cm³/mol. The highest BCUT2D eigenvalue weighted by molar-refractivity contribution is 9.10. The van der Waals surface area contributed by atoms with E-state index in [-0.39, 0.29) is 17.8 Å². The molecule has 0 saturated carbocycles. The van der Waals surface area contributed by atoms with E-state index in [2.05, 4.69) is 141 Å². The maximum Gasteiger partial charge on any atom is 0.132 e. The van der Waals surface area contributed by atoms with Crippen molar-refractivity contribution in [2.75, 3.05) is 11.4 Å². The fourth-order valence-corrected chi connectivity index (χ4v) is 5.59. The molecule has 4 aromatic carbocycles. The van der Waals surface area contributed by atoms with Crippen molar-refractivity contribution < 1.29 is 4.84 Å². The van der Waals surface area contributed by atoms with E-state index in [9.17, 15) is 0 Å². The second-order valence-corrected chi connectivity index (χ2v) is 9.74. The van der Waals surface area contributed by atoms with Crippen molar-refractivity contribution in [2.24, 2.45) is 0 Å². The van der Waals surface area contributed by atoms with Crippen LogP contribution in [0.4, 0.5) is 5.69 Å². The van der Waals surface area contributed by atoms with E-state index >= 15 is 0 Å². The number of hydrogen-bond donors (Lipinski definition) is 0. The van der Waals surface area contributed by atoms with Crippen LogP contribution in [-0.2, 0) is 10.4 Å². The summed E-state index contributed by atoms with van der Waals surface area (Å²) in [4.78, 5) is 9.34. The van der Waals surface area contributed by atoms with E-state index in [1.165, 1.54) is 22.4 Å². The quantitative estimate of drug-likeness (QED) is 0.296. The normalized spacial score (nSPS) is 24.7. The van der Waals surface area contributed by atoms with Gasteiger partial charge in [0.2, 0.25) is 0 Å². The Bertz CT molecular complexity index is 1220. The largest absolute Gasteiger partial charge is 0.348 e. The smallest absolute Gasteiger partial charge is 0.132 e.